The molecule has 4 heteroatoms. The number of carboxylic acids is 1. The van der Waals surface area contributed by atoms with Crippen molar-refractivity contribution < 1.29 is 9.90 Å². The predicted molar refractivity (Wildman–Crippen MR) is 68.1 cm³/mol. The largest absolute Gasteiger partial charge is 0.480 e. The molecule has 0 amide bonds. The first kappa shape index (κ1) is 13.7. The van der Waals surface area contributed by atoms with Crippen LogP contribution in [0.25, 0.3) is 0 Å². The summed E-state index contributed by atoms with van der Waals surface area (Å²) in [6, 6.07) is 6.95. The van der Waals surface area contributed by atoms with Gasteiger partial charge in [-0.3, -0.25) is 10.1 Å². The number of hydrogen-bond acceptors (Lipinski definition) is 3. The van der Waals surface area contributed by atoms with E-state index in [1.807, 2.05) is 50.2 Å². The molecule has 1 rings (SSSR count). The zero-order valence-corrected chi connectivity index (χ0v) is 10.6. The van der Waals surface area contributed by atoms with E-state index in [1.165, 1.54) is 0 Å². The number of carboxylic acid groups (broad SMARTS) is 1. The second-order valence-electron chi connectivity index (χ2n) is 4.44. The quantitative estimate of drug-likeness (QED) is 0.781. The summed E-state index contributed by atoms with van der Waals surface area (Å²) in [5.41, 5.74) is 1.92. The molecule has 0 aliphatic rings. The standard InChI is InChI=1S/C13H20N2O2/c1-10-4-6-11(7-5-10)12(13(16)17)14-8-9-15(2)3/h4-7,12,14H,8-9H2,1-3H3,(H,16,17). The van der Waals surface area contributed by atoms with Crippen LogP contribution in [0.1, 0.15) is 17.2 Å². The summed E-state index contributed by atoms with van der Waals surface area (Å²) in [5, 5.41) is 12.2. The number of hydrogen-bond donors (Lipinski definition) is 2. The maximum atomic E-state index is 11.2. The van der Waals surface area contributed by atoms with Crippen molar-refractivity contribution in [2.75, 3.05) is 27.2 Å². The number of likely N-dealkylation sites (N-methyl/N-ethyl adjacent to an activating group) is 1. The molecule has 0 saturated heterocycles. The summed E-state index contributed by atoms with van der Waals surface area (Å²) in [7, 11) is 3.92. The van der Waals surface area contributed by atoms with Gasteiger partial charge in [-0.05, 0) is 26.6 Å². The van der Waals surface area contributed by atoms with Gasteiger partial charge in [-0.15, -0.1) is 0 Å². The molecule has 1 aromatic rings. The van der Waals surface area contributed by atoms with Gasteiger partial charge in [-0.1, -0.05) is 29.8 Å². The van der Waals surface area contributed by atoms with E-state index < -0.39 is 12.0 Å². The van der Waals surface area contributed by atoms with Gasteiger partial charge < -0.3 is 10.0 Å². The minimum Gasteiger partial charge on any atom is -0.480 e. The number of carbonyl (C=O) groups is 1. The highest BCUT2D eigenvalue weighted by Crippen LogP contribution is 2.13. The van der Waals surface area contributed by atoms with Gasteiger partial charge in [0.15, 0.2) is 0 Å². The van der Waals surface area contributed by atoms with E-state index in [1.54, 1.807) is 0 Å². The molecule has 0 aromatic heterocycles. The lowest BCUT2D eigenvalue weighted by Gasteiger charge is -2.17. The molecule has 2 N–H and O–H groups in total. The molecule has 0 saturated carbocycles. The number of nitrogens with zero attached hydrogens (tertiary/aromatic N) is 1. The molecule has 0 aliphatic heterocycles. The van der Waals surface area contributed by atoms with Gasteiger partial charge in [0, 0.05) is 13.1 Å². The smallest absolute Gasteiger partial charge is 0.325 e. The highest BCUT2D eigenvalue weighted by molar-refractivity contribution is 5.75. The number of nitrogens with one attached hydrogen (secondary N) is 1. The summed E-state index contributed by atoms with van der Waals surface area (Å²) in [6.45, 7) is 3.45. The number of rotatable bonds is 6. The van der Waals surface area contributed by atoms with Crippen LogP contribution in [0, 0.1) is 6.92 Å². The van der Waals surface area contributed by atoms with Gasteiger partial charge in [0.25, 0.3) is 0 Å². The Balaban J connectivity index is 2.66. The van der Waals surface area contributed by atoms with Crippen LogP contribution in [0.3, 0.4) is 0 Å². The van der Waals surface area contributed by atoms with Crippen molar-refractivity contribution >= 4 is 5.97 Å². The minimum absolute atomic E-state index is 0.629. The third-order valence-corrected chi connectivity index (χ3v) is 2.57. The van der Waals surface area contributed by atoms with Gasteiger partial charge in [-0.2, -0.15) is 0 Å². The summed E-state index contributed by atoms with van der Waals surface area (Å²) < 4.78 is 0. The maximum absolute atomic E-state index is 11.2. The number of aryl methyl sites for hydroxylation is 1. The zero-order chi connectivity index (χ0) is 12.8. The molecular weight excluding hydrogens is 216 g/mol. The Morgan fingerprint density at radius 2 is 1.94 bits per heavy atom. The number of benzene rings is 1. The normalized spacial score (nSPS) is 12.7. The summed E-state index contributed by atoms with van der Waals surface area (Å²) in [4.78, 5) is 13.2. The monoisotopic (exact) mass is 236 g/mol. The third-order valence-electron chi connectivity index (χ3n) is 2.57. The highest BCUT2D eigenvalue weighted by atomic mass is 16.4. The Labute approximate surface area is 102 Å². The first-order chi connectivity index (χ1) is 8.00. The molecule has 1 unspecified atom stereocenters. The molecule has 0 spiro atoms. The lowest BCUT2D eigenvalue weighted by Crippen LogP contribution is -2.33. The van der Waals surface area contributed by atoms with Crippen LogP contribution < -0.4 is 5.32 Å². The summed E-state index contributed by atoms with van der Waals surface area (Å²) in [5.74, 6) is -0.840. The molecule has 17 heavy (non-hydrogen) atoms. The van der Waals surface area contributed by atoms with Crippen LogP contribution in [-0.2, 0) is 4.79 Å². The predicted octanol–water partition coefficient (Wildman–Crippen LogP) is 1.27. The minimum atomic E-state index is -0.840. The van der Waals surface area contributed by atoms with E-state index in [2.05, 4.69) is 5.32 Å². The lowest BCUT2D eigenvalue weighted by molar-refractivity contribution is -0.139. The van der Waals surface area contributed by atoms with Crippen molar-refractivity contribution in [1.82, 2.24) is 10.2 Å². The second kappa shape index (κ2) is 6.37. The molecule has 0 fully saturated rings. The van der Waals surface area contributed by atoms with Crippen molar-refractivity contribution in [1.29, 1.82) is 0 Å². The Kier molecular flexibility index (Phi) is 5.12. The lowest BCUT2D eigenvalue weighted by atomic mass is 10.1. The Morgan fingerprint density at radius 3 is 2.41 bits per heavy atom. The fourth-order valence-corrected chi connectivity index (χ4v) is 1.54. The van der Waals surface area contributed by atoms with Crippen molar-refractivity contribution in [3.63, 3.8) is 0 Å². The average molecular weight is 236 g/mol. The molecule has 0 aliphatic carbocycles. The van der Waals surface area contributed by atoms with Crippen molar-refractivity contribution in [2.24, 2.45) is 0 Å². The molecule has 0 bridgehead atoms. The van der Waals surface area contributed by atoms with Crippen molar-refractivity contribution in [2.45, 2.75) is 13.0 Å². The molecule has 1 atom stereocenters. The Morgan fingerprint density at radius 1 is 1.35 bits per heavy atom. The first-order valence-corrected chi connectivity index (χ1v) is 5.68. The van der Waals surface area contributed by atoms with E-state index in [0.29, 0.717) is 6.54 Å². The molecular formula is C13H20N2O2. The molecule has 1 aromatic carbocycles. The van der Waals surface area contributed by atoms with Gasteiger partial charge in [0.1, 0.15) is 6.04 Å². The summed E-state index contributed by atoms with van der Waals surface area (Å²) >= 11 is 0. The maximum Gasteiger partial charge on any atom is 0.325 e. The van der Waals surface area contributed by atoms with Crippen molar-refractivity contribution in [3.05, 3.63) is 35.4 Å². The van der Waals surface area contributed by atoms with E-state index in [0.717, 1.165) is 17.7 Å². The van der Waals surface area contributed by atoms with Crippen LogP contribution in [0.2, 0.25) is 0 Å². The van der Waals surface area contributed by atoms with Crippen molar-refractivity contribution in [3.8, 4) is 0 Å². The highest BCUT2D eigenvalue weighted by Gasteiger charge is 2.18. The summed E-state index contributed by atoms with van der Waals surface area (Å²) in [6.07, 6.45) is 0. The first-order valence-electron chi connectivity index (χ1n) is 5.68. The van der Waals surface area contributed by atoms with Crippen LogP contribution >= 0.6 is 0 Å². The van der Waals surface area contributed by atoms with E-state index in [4.69, 9.17) is 0 Å². The van der Waals surface area contributed by atoms with Gasteiger partial charge in [0.2, 0.25) is 0 Å². The van der Waals surface area contributed by atoms with Crippen LogP contribution in [0.5, 0.6) is 0 Å². The fourth-order valence-electron chi connectivity index (χ4n) is 1.54. The van der Waals surface area contributed by atoms with Gasteiger partial charge in [0.05, 0.1) is 0 Å². The van der Waals surface area contributed by atoms with E-state index in [9.17, 15) is 9.90 Å². The Hall–Kier alpha value is -1.39. The zero-order valence-electron chi connectivity index (χ0n) is 10.6. The third kappa shape index (κ3) is 4.54. The molecule has 94 valence electrons. The second-order valence-corrected chi connectivity index (χ2v) is 4.44. The van der Waals surface area contributed by atoms with Gasteiger partial charge >= 0.3 is 5.97 Å². The Bertz CT molecular complexity index is 360. The fraction of sp³-hybridized carbons (Fsp3) is 0.462. The SMILES string of the molecule is Cc1ccc(C(NCCN(C)C)C(=O)O)cc1. The average Bonchev–Trinajstić information content (AvgIpc) is 2.25. The van der Waals surface area contributed by atoms with E-state index in [-0.39, 0.29) is 0 Å². The van der Waals surface area contributed by atoms with Crippen LogP contribution in [-0.4, -0.2) is 43.2 Å². The topological polar surface area (TPSA) is 52.6 Å². The molecule has 0 radical (unpaired) electrons. The molecule has 4 nitrogen and oxygen atoms in total. The van der Waals surface area contributed by atoms with Crippen LogP contribution in [0.15, 0.2) is 24.3 Å². The van der Waals surface area contributed by atoms with E-state index >= 15 is 0 Å². The van der Waals surface area contributed by atoms with Crippen LogP contribution in [0.4, 0.5) is 0 Å². The van der Waals surface area contributed by atoms with Gasteiger partial charge in [-0.25, -0.2) is 0 Å². The molecule has 0 heterocycles. The number of aliphatic carboxylic acids is 1.